The van der Waals surface area contributed by atoms with Gasteiger partial charge in [0, 0.05) is 13.1 Å². The summed E-state index contributed by atoms with van der Waals surface area (Å²) in [5.74, 6) is -0.589. The normalized spacial score (nSPS) is 24.8. The van der Waals surface area contributed by atoms with Crippen LogP contribution in [0.5, 0.6) is 0 Å². The van der Waals surface area contributed by atoms with Crippen molar-refractivity contribution < 1.29 is 27.5 Å². The number of likely N-dealkylation sites (tertiary alicyclic amines) is 1. The van der Waals surface area contributed by atoms with Crippen molar-refractivity contribution in [1.82, 2.24) is 4.90 Å². The summed E-state index contributed by atoms with van der Waals surface area (Å²) < 4.78 is 44.1. The molecule has 0 aliphatic carbocycles. The van der Waals surface area contributed by atoms with Crippen molar-refractivity contribution in [1.29, 1.82) is 0 Å². The molecule has 1 atom stereocenters. The number of carboxylic acid groups (broad SMARTS) is 1. The second kappa shape index (κ2) is 4.56. The zero-order chi connectivity index (χ0) is 14.3. The number of hydrogen-bond donors (Lipinski definition) is 1. The molecule has 0 spiro atoms. The van der Waals surface area contributed by atoms with Crippen molar-refractivity contribution in [2.45, 2.75) is 26.1 Å². The molecule has 1 N–H and O–H groups in total. The van der Waals surface area contributed by atoms with E-state index in [2.05, 4.69) is 0 Å². The molecule has 0 bridgehead atoms. The fourth-order valence-corrected chi connectivity index (χ4v) is 2.34. The third-order valence-corrected chi connectivity index (χ3v) is 3.48. The van der Waals surface area contributed by atoms with E-state index in [0.717, 1.165) is 0 Å². The monoisotopic (exact) mass is 277 g/mol. The van der Waals surface area contributed by atoms with Crippen LogP contribution in [0.2, 0.25) is 0 Å². The highest BCUT2D eigenvalue weighted by atomic mass is 19.4. The Morgan fingerprint density at radius 1 is 1.53 bits per heavy atom. The first-order valence-electron chi connectivity index (χ1n) is 5.82. The van der Waals surface area contributed by atoms with Crippen LogP contribution in [-0.4, -0.2) is 35.2 Å². The van der Waals surface area contributed by atoms with Crippen LogP contribution >= 0.6 is 0 Å². The van der Waals surface area contributed by atoms with Crippen molar-refractivity contribution in [2.24, 2.45) is 5.41 Å². The van der Waals surface area contributed by atoms with Gasteiger partial charge in [-0.15, -0.1) is 0 Å². The van der Waals surface area contributed by atoms with Gasteiger partial charge in [-0.3, -0.25) is 9.69 Å². The lowest BCUT2D eigenvalue weighted by Crippen LogP contribution is -2.47. The molecule has 0 saturated carbocycles. The van der Waals surface area contributed by atoms with E-state index in [1.54, 1.807) is 19.1 Å². The number of rotatable bonds is 3. The smallest absolute Gasteiger partial charge is 0.406 e. The molecule has 1 aliphatic rings. The van der Waals surface area contributed by atoms with Gasteiger partial charge in [-0.05, 0) is 25.5 Å². The van der Waals surface area contributed by atoms with E-state index in [-0.39, 0.29) is 13.1 Å². The van der Waals surface area contributed by atoms with Crippen molar-refractivity contribution in [2.75, 3.05) is 13.1 Å². The van der Waals surface area contributed by atoms with Gasteiger partial charge < -0.3 is 9.52 Å². The van der Waals surface area contributed by atoms with Gasteiger partial charge in [-0.1, -0.05) is 0 Å². The maximum absolute atomic E-state index is 13.0. The van der Waals surface area contributed by atoms with Crippen molar-refractivity contribution in [3.8, 4) is 0 Å². The van der Waals surface area contributed by atoms with Crippen molar-refractivity contribution in [3.63, 3.8) is 0 Å². The van der Waals surface area contributed by atoms with Gasteiger partial charge in [-0.2, -0.15) is 13.2 Å². The van der Waals surface area contributed by atoms with Gasteiger partial charge in [0.05, 0.1) is 6.54 Å². The van der Waals surface area contributed by atoms with Gasteiger partial charge in [0.1, 0.15) is 11.5 Å². The summed E-state index contributed by atoms with van der Waals surface area (Å²) in [7, 11) is 0. The standard InChI is InChI=1S/C12H14F3NO3/c1-8-2-3-9(19-8)6-16-5-4-11(7-16,10(17)18)12(13,14)15/h2-3H,4-7H2,1H3,(H,17,18). The third-order valence-electron chi connectivity index (χ3n) is 3.48. The van der Waals surface area contributed by atoms with Crippen molar-refractivity contribution >= 4 is 5.97 Å². The molecular weight excluding hydrogens is 263 g/mol. The number of aliphatic carboxylic acids is 1. The molecule has 2 heterocycles. The van der Waals surface area contributed by atoms with Gasteiger partial charge in [0.15, 0.2) is 5.41 Å². The largest absolute Gasteiger partial charge is 0.481 e. The van der Waals surface area contributed by atoms with Crippen molar-refractivity contribution in [3.05, 3.63) is 23.7 Å². The molecule has 0 amide bonds. The molecule has 1 aromatic heterocycles. The first-order chi connectivity index (χ1) is 8.74. The summed E-state index contributed by atoms with van der Waals surface area (Å²) >= 11 is 0. The van der Waals surface area contributed by atoms with E-state index < -0.39 is 30.5 Å². The van der Waals surface area contributed by atoms with Crippen LogP contribution in [0, 0.1) is 12.3 Å². The van der Waals surface area contributed by atoms with Gasteiger partial charge in [-0.25, -0.2) is 0 Å². The summed E-state index contributed by atoms with van der Waals surface area (Å²) in [5, 5.41) is 8.92. The van der Waals surface area contributed by atoms with E-state index in [0.29, 0.717) is 11.5 Å². The Balaban J connectivity index is 2.11. The summed E-state index contributed by atoms with van der Waals surface area (Å²) in [6.45, 7) is 1.49. The Kier molecular flexibility index (Phi) is 3.34. The molecule has 0 radical (unpaired) electrons. The van der Waals surface area contributed by atoms with Crippen LogP contribution in [0.15, 0.2) is 16.5 Å². The maximum atomic E-state index is 13.0. The maximum Gasteiger partial charge on any atom is 0.406 e. The molecule has 1 fully saturated rings. The van der Waals surface area contributed by atoms with Crippen LogP contribution in [0.25, 0.3) is 0 Å². The zero-order valence-electron chi connectivity index (χ0n) is 10.3. The highest BCUT2D eigenvalue weighted by molar-refractivity contribution is 5.76. The summed E-state index contributed by atoms with van der Waals surface area (Å²) in [5.41, 5.74) is -2.66. The summed E-state index contributed by atoms with van der Waals surface area (Å²) in [6.07, 6.45) is -5.17. The topological polar surface area (TPSA) is 53.7 Å². The summed E-state index contributed by atoms with van der Waals surface area (Å²) in [4.78, 5) is 12.5. The van der Waals surface area contributed by atoms with Gasteiger partial charge in [0.25, 0.3) is 0 Å². The van der Waals surface area contributed by atoms with E-state index in [9.17, 15) is 18.0 Å². The molecule has 4 nitrogen and oxygen atoms in total. The molecule has 1 saturated heterocycles. The fourth-order valence-electron chi connectivity index (χ4n) is 2.34. The number of alkyl halides is 3. The lowest BCUT2D eigenvalue weighted by molar-refractivity contribution is -0.227. The molecule has 0 aromatic carbocycles. The highest BCUT2D eigenvalue weighted by Gasteiger charge is 2.63. The van der Waals surface area contributed by atoms with Crippen LogP contribution < -0.4 is 0 Å². The first kappa shape index (κ1) is 13.9. The van der Waals surface area contributed by atoms with E-state index in [1.807, 2.05) is 0 Å². The van der Waals surface area contributed by atoms with E-state index in [1.165, 1.54) is 4.90 Å². The van der Waals surface area contributed by atoms with Crippen LogP contribution in [0.4, 0.5) is 13.2 Å². The fraction of sp³-hybridized carbons (Fsp3) is 0.583. The number of hydrogen-bond acceptors (Lipinski definition) is 3. The van der Waals surface area contributed by atoms with E-state index >= 15 is 0 Å². The second-order valence-electron chi connectivity index (χ2n) is 4.86. The molecule has 1 aliphatic heterocycles. The van der Waals surface area contributed by atoms with Gasteiger partial charge in [0.2, 0.25) is 0 Å². The SMILES string of the molecule is Cc1ccc(CN2CCC(C(=O)O)(C(F)(F)F)C2)o1. The minimum Gasteiger partial charge on any atom is -0.481 e. The highest BCUT2D eigenvalue weighted by Crippen LogP contribution is 2.45. The number of nitrogens with zero attached hydrogens (tertiary/aromatic N) is 1. The van der Waals surface area contributed by atoms with E-state index in [4.69, 9.17) is 9.52 Å². The first-order valence-corrected chi connectivity index (χ1v) is 5.82. The molecule has 19 heavy (non-hydrogen) atoms. The Bertz CT molecular complexity index is 483. The Hall–Kier alpha value is -1.50. The number of carbonyl (C=O) groups is 1. The average molecular weight is 277 g/mol. The average Bonchev–Trinajstić information content (AvgIpc) is 2.85. The Morgan fingerprint density at radius 3 is 2.63 bits per heavy atom. The number of halogens is 3. The number of aryl methyl sites for hydroxylation is 1. The number of carboxylic acids is 1. The van der Waals surface area contributed by atoms with Crippen LogP contribution in [0.3, 0.4) is 0 Å². The quantitative estimate of drug-likeness (QED) is 0.922. The molecule has 1 aromatic rings. The molecule has 2 rings (SSSR count). The van der Waals surface area contributed by atoms with Gasteiger partial charge >= 0.3 is 12.1 Å². The van der Waals surface area contributed by atoms with Crippen LogP contribution in [0.1, 0.15) is 17.9 Å². The van der Waals surface area contributed by atoms with Crippen LogP contribution in [-0.2, 0) is 11.3 Å². The second-order valence-corrected chi connectivity index (χ2v) is 4.86. The third kappa shape index (κ3) is 2.47. The number of furan rings is 1. The molecule has 1 unspecified atom stereocenters. The molecule has 7 heteroatoms. The predicted octanol–water partition coefficient (Wildman–Crippen LogP) is 2.43. The lowest BCUT2D eigenvalue weighted by Gasteiger charge is -2.27. The lowest BCUT2D eigenvalue weighted by atomic mass is 9.86. The Morgan fingerprint density at radius 2 is 2.21 bits per heavy atom. The predicted molar refractivity (Wildman–Crippen MR) is 59.5 cm³/mol. The minimum absolute atomic E-state index is 0.0888. The molecular formula is C12H14F3NO3. The zero-order valence-corrected chi connectivity index (χ0v) is 10.3. The summed E-state index contributed by atoms with van der Waals surface area (Å²) in [6, 6.07) is 3.41. The Labute approximate surface area is 107 Å². The minimum atomic E-state index is -4.74. The molecule has 106 valence electrons.